The number of carboxylic acid groups (broad SMARTS) is 1. The Morgan fingerprint density at radius 1 is 1.06 bits per heavy atom. The molecule has 0 radical (unpaired) electrons. The maximum atomic E-state index is 12.3. The number of nitrogens with zero attached hydrogens (tertiary/aromatic N) is 2. The lowest BCUT2D eigenvalue weighted by molar-refractivity contribution is -0.0199. The Hall–Kier alpha value is -3.52. The zero-order valence-corrected chi connectivity index (χ0v) is 19.6. The maximum Gasteiger partial charge on any atom is 0.340 e. The van der Waals surface area contributed by atoms with E-state index in [-0.39, 0.29) is 17.4 Å². The smallest absolute Gasteiger partial charge is 0.340 e. The summed E-state index contributed by atoms with van der Waals surface area (Å²) < 4.78 is 18.1. The molecule has 0 saturated heterocycles. The van der Waals surface area contributed by atoms with Crippen LogP contribution in [0.15, 0.2) is 70.2 Å². The summed E-state index contributed by atoms with van der Waals surface area (Å²) in [4.78, 5) is 12.3. The Balaban J connectivity index is 1.66. The quantitative estimate of drug-likeness (QED) is 0.496. The number of hydrazone groups is 1. The van der Waals surface area contributed by atoms with Gasteiger partial charge in [0.1, 0.15) is 11.3 Å². The van der Waals surface area contributed by atoms with E-state index < -0.39 is 12.2 Å². The molecule has 0 aliphatic carbocycles. The zero-order valence-electron chi connectivity index (χ0n) is 18.0. The van der Waals surface area contributed by atoms with Gasteiger partial charge in [0.05, 0.1) is 26.0 Å². The zero-order chi connectivity index (χ0) is 23.1. The summed E-state index contributed by atoms with van der Waals surface area (Å²) >= 11 is 3.48. The first-order valence-corrected chi connectivity index (χ1v) is 11.2. The van der Waals surface area contributed by atoms with Gasteiger partial charge in [-0.2, -0.15) is 5.10 Å². The van der Waals surface area contributed by atoms with Gasteiger partial charge in [-0.3, -0.25) is 0 Å². The highest BCUT2D eigenvalue weighted by Gasteiger charge is 2.43. The SMILES string of the molecule is COc1ccc([C@H]2Oc3ccccc3[C@H]3CC(c4ccc(Br)cc4)=NN32)c(C(=O)O)c1OC. The number of rotatable bonds is 5. The minimum absolute atomic E-state index is 0.00715. The van der Waals surface area contributed by atoms with Gasteiger partial charge in [-0.1, -0.05) is 46.3 Å². The Morgan fingerprint density at radius 3 is 2.52 bits per heavy atom. The molecular weight excluding hydrogens is 488 g/mol. The Kier molecular flexibility index (Phi) is 5.46. The van der Waals surface area contributed by atoms with Gasteiger partial charge < -0.3 is 19.3 Å². The molecule has 0 saturated carbocycles. The van der Waals surface area contributed by atoms with Gasteiger partial charge in [-0.15, -0.1) is 0 Å². The Bertz CT molecular complexity index is 1260. The van der Waals surface area contributed by atoms with Crippen molar-refractivity contribution < 1.29 is 24.1 Å². The number of methoxy groups -OCH3 is 2. The lowest BCUT2D eigenvalue weighted by Crippen LogP contribution is -2.34. The number of hydrogen-bond acceptors (Lipinski definition) is 6. The van der Waals surface area contributed by atoms with Gasteiger partial charge in [0, 0.05) is 22.0 Å². The van der Waals surface area contributed by atoms with Crippen LogP contribution in [0.25, 0.3) is 0 Å². The fourth-order valence-electron chi connectivity index (χ4n) is 4.42. The average Bonchev–Trinajstić information content (AvgIpc) is 3.28. The van der Waals surface area contributed by atoms with Crippen molar-refractivity contribution in [3.05, 3.63) is 87.4 Å². The minimum atomic E-state index is -1.13. The highest BCUT2D eigenvalue weighted by molar-refractivity contribution is 9.10. The van der Waals surface area contributed by atoms with Crippen molar-refractivity contribution in [3.8, 4) is 17.2 Å². The molecule has 33 heavy (non-hydrogen) atoms. The summed E-state index contributed by atoms with van der Waals surface area (Å²) in [5.74, 6) is 0.0721. The predicted molar refractivity (Wildman–Crippen MR) is 126 cm³/mol. The molecule has 1 N–H and O–H groups in total. The number of para-hydroxylation sites is 1. The van der Waals surface area contributed by atoms with E-state index in [2.05, 4.69) is 15.9 Å². The van der Waals surface area contributed by atoms with E-state index in [9.17, 15) is 9.90 Å². The van der Waals surface area contributed by atoms with Gasteiger partial charge in [-0.25, -0.2) is 9.80 Å². The number of carboxylic acids is 1. The molecule has 2 atom stereocenters. The summed E-state index contributed by atoms with van der Waals surface area (Å²) in [6.45, 7) is 0. The van der Waals surface area contributed by atoms with Gasteiger partial charge in [0.25, 0.3) is 0 Å². The molecular formula is C25H21BrN2O5. The van der Waals surface area contributed by atoms with Crippen molar-refractivity contribution in [2.45, 2.75) is 18.7 Å². The molecule has 5 rings (SSSR count). The van der Waals surface area contributed by atoms with Gasteiger partial charge in [0.15, 0.2) is 11.5 Å². The predicted octanol–water partition coefficient (Wildman–Crippen LogP) is 5.41. The molecule has 2 aliphatic heterocycles. The summed E-state index contributed by atoms with van der Waals surface area (Å²) in [6.07, 6.45) is -0.0717. The van der Waals surface area contributed by atoms with Crippen LogP contribution in [0.3, 0.4) is 0 Å². The van der Waals surface area contributed by atoms with Gasteiger partial charge >= 0.3 is 5.97 Å². The summed E-state index contributed by atoms with van der Waals surface area (Å²) in [5, 5.41) is 16.8. The molecule has 8 heteroatoms. The molecule has 0 bridgehead atoms. The molecule has 3 aromatic carbocycles. The van der Waals surface area contributed by atoms with E-state index >= 15 is 0 Å². The van der Waals surface area contributed by atoms with Crippen LogP contribution in [0, 0.1) is 0 Å². The highest BCUT2D eigenvalue weighted by atomic mass is 79.9. The van der Waals surface area contributed by atoms with E-state index in [0.29, 0.717) is 23.5 Å². The molecule has 3 aromatic rings. The van der Waals surface area contributed by atoms with E-state index in [1.54, 1.807) is 12.1 Å². The third-order valence-electron chi connectivity index (χ3n) is 5.93. The molecule has 7 nitrogen and oxygen atoms in total. The summed E-state index contributed by atoms with van der Waals surface area (Å²) in [7, 11) is 2.90. The van der Waals surface area contributed by atoms with Crippen molar-refractivity contribution >= 4 is 27.6 Å². The lowest BCUT2D eigenvalue weighted by atomic mass is 9.95. The topological polar surface area (TPSA) is 80.6 Å². The summed E-state index contributed by atoms with van der Waals surface area (Å²) in [6, 6.07) is 19.1. The monoisotopic (exact) mass is 508 g/mol. The van der Waals surface area contributed by atoms with Crippen LogP contribution in [0.4, 0.5) is 0 Å². The number of hydrogen-bond donors (Lipinski definition) is 1. The molecule has 2 aliphatic rings. The molecule has 2 heterocycles. The number of halogens is 1. The number of aromatic carboxylic acids is 1. The first-order valence-electron chi connectivity index (χ1n) is 10.4. The number of fused-ring (bicyclic) bond motifs is 3. The van der Waals surface area contributed by atoms with E-state index in [1.165, 1.54) is 14.2 Å². The van der Waals surface area contributed by atoms with Crippen LogP contribution >= 0.6 is 15.9 Å². The number of benzene rings is 3. The van der Waals surface area contributed by atoms with E-state index in [4.69, 9.17) is 19.3 Å². The Labute approximate surface area is 199 Å². The van der Waals surface area contributed by atoms with Crippen LogP contribution in [-0.4, -0.2) is 36.0 Å². The second kappa shape index (κ2) is 8.44. The van der Waals surface area contributed by atoms with Gasteiger partial charge in [-0.05, 0) is 35.9 Å². The first kappa shape index (κ1) is 21.3. The van der Waals surface area contributed by atoms with Crippen LogP contribution in [-0.2, 0) is 0 Å². The molecule has 0 spiro atoms. The fraction of sp³-hybridized carbons (Fsp3) is 0.200. The van der Waals surface area contributed by atoms with Crippen LogP contribution < -0.4 is 14.2 Å². The minimum Gasteiger partial charge on any atom is -0.493 e. The molecule has 0 fully saturated rings. The van der Waals surface area contributed by atoms with E-state index in [0.717, 1.165) is 21.3 Å². The van der Waals surface area contributed by atoms with Crippen molar-refractivity contribution in [3.63, 3.8) is 0 Å². The maximum absolute atomic E-state index is 12.3. The van der Waals surface area contributed by atoms with Crippen molar-refractivity contribution in [1.82, 2.24) is 5.01 Å². The lowest BCUT2D eigenvalue weighted by Gasteiger charge is -2.38. The fourth-order valence-corrected chi connectivity index (χ4v) is 4.69. The largest absolute Gasteiger partial charge is 0.493 e. The average molecular weight is 509 g/mol. The molecule has 0 amide bonds. The first-order chi connectivity index (χ1) is 16.0. The molecule has 0 aromatic heterocycles. The van der Waals surface area contributed by atoms with E-state index in [1.807, 2.05) is 53.5 Å². The summed E-state index contributed by atoms with van der Waals surface area (Å²) in [5.41, 5.74) is 3.37. The van der Waals surface area contributed by atoms with Crippen LogP contribution in [0.1, 0.15) is 45.7 Å². The normalized spacial score (nSPS) is 18.6. The van der Waals surface area contributed by atoms with Crippen molar-refractivity contribution in [2.24, 2.45) is 5.10 Å². The molecule has 0 unspecified atom stereocenters. The van der Waals surface area contributed by atoms with Crippen LogP contribution in [0.2, 0.25) is 0 Å². The van der Waals surface area contributed by atoms with Gasteiger partial charge in [0.2, 0.25) is 6.23 Å². The van der Waals surface area contributed by atoms with Crippen molar-refractivity contribution in [1.29, 1.82) is 0 Å². The second-order valence-corrected chi connectivity index (χ2v) is 8.65. The van der Waals surface area contributed by atoms with Crippen molar-refractivity contribution in [2.75, 3.05) is 14.2 Å². The number of carbonyl (C=O) groups is 1. The third-order valence-corrected chi connectivity index (χ3v) is 6.46. The third kappa shape index (κ3) is 3.60. The standard InChI is InChI=1S/C25H21BrN2O5/c1-31-21-12-11-17(22(25(29)30)23(21)32-2)24-28-19(16-5-3-4-6-20(16)33-24)13-18(27-28)14-7-9-15(26)10-8-14/h3-12,19,24H,13H2,1-2H3,(H,29,30)/t19-,24-/m1/s1. The Morgan fingerprint density at radius 2 is 1.82 bits per heavy atom. The van der Waals surface area contributed by atoms with Crippen LogP contribution in [0.5, 0.6) is 17.2 Å². The number of ether oxygens (including phenoxy) is 3. The highest BCUT2D eigenvalue weighted by Crippen LogP contribution is 2.49. The second-order valence-electron chi connectivity index (χ2n) is 7.73. The molecule has 168 valence electrons.